The number of halogens is 3. The summed E-state index contributed by atoms with van der Waals surface area (Å²) in [4.78, 5) is 8.54. The van der Waals surface area contributed by atoms with Crippen LogP contribution in [0.1, 0.15) is 24.1 Å². The third-order valence-corrected chi connectivity index (χ3v) is 4.39. The van der Waals surface area contributed by atoms with Gasteiger partial charge in [0.25, 0.3) is 0 Å². The van der Waals surface area contributed by atoms with E-state index in [1.165, 1.54) is 0 Å². The summed E-state index contributed by atoms with van der Waals surface area (Å²) in [5, 5.41) is 7.80. The van der Waals surface area contributed by atoms with Crippen molar-refractivity contribution in [1.29, 1.82) is 0 Å². The number of benzene rings is 1. The topological polar surface area (TPSA) is 67.8 Å². The van der Waals surface area contributed by atoms with Crippen LogP contribution in [0.25, 0.3) is 0 Å². The fourth-order valence-electron chi connectivity index (χ4n) is 2.42. The lowest BCUT2D eigenvalue weighted by molar-refractivity contribution is 0.143. The first-order valence-corrected chi connectivity index (χ1v) is 9.28. The summed E-state index contributed by atoms with van der Waals surface area (Å²) in [6.45, 7) is 3.47. The lowest BCUT2D eigenvalue weighted by atomic mass is 10.1. The SMILES string of the molecule is CN=C(NCc1cccnc1OCCOC)NC(C)c1ccc(Cl)cc1Cl.I. The quantitative estimate of drug-likeness (QED) is 0.225. The molecule has 0 fully saturated rings. The van der Waals surface area contributed by atoms with Gasteiger partial charge in [0.05, 0.1) is 12.6 Å². The van der Waals surface area contributed by atoms with E-state index in [-0.39, 0.29) is 30.0 Å². The highest BCUT2D eigenvalue weighted by Gasteiger charge is 2.12. The normalized spacial score (nSPS) is 12.1. The van der Waals surface area contributed by atoms with E-state index in [0.29, 0.717) is 41.6 Å². The fraction of sp³-hybridized carbons (Fsp3) is 0.368. The van der Waals surface area contributed by atoms with E-state index in [2.05, 4.69) is 20.6 Å². The van der Waals surface area contributed by atoms with Gasteiger partial charge in [-0.2, -0.15) is 0 Å². The largest absolute Gasteiger partial charge is 0.475 e. The van der Waals surface area contributed by atoms with Crippen LogP contribution in [0.2, 0.25) is 10.0 Å². The van der Waals surface area contributed by atoms with E-state index < -0.39 is 0 Å². The van der Waals surface area contributed by atoms with Gasteiger partial charge < -0.3 is 20.1 Å². The van der Waals surface area contributed by atoms with Crippen molar-refractivity contribution in [3.8, 4) is 5.88 Å². The number of pyridine rings is 1. The van der Waals surface area contributed by atoms with Crippen LogP contribution >= 0.6 is 47.2 Å². The zero-order valence-corrected chi connectivity index (χ0v) is 19.9. The van der Waals surface area contributed by atoms with E-state index in [1.807, 2.05) is 31.2 Å². The van der Waals surface area contributed by atoms with Gasteiger partial charge in [0.15, 0.2) is 5.96 Å². The molecular weight excluding hydrogens is 514 g/mol. The van der Waals surface area contributed by atoms with Gasteiger partial charge in [0.2, 0.25) is 5.88 Å². The first kappa shape index (κ1) is 24.7. The van der Waals surface area contributed by atoms with Gasteiger partial charge in [-0.25, -0.2) is 4.98 Å². The lowest BCUT2D eigenvalue weighted by Gasteiger charge is -2.20. The third kappa shape index (κ3) is 7.62. The van der Waals surface area contributed by atoms with Crippen molar-refractivity contribution in [1.82, 2.24) is 15.6 Å². The molecule has 28 heavy (non-hydrogen) atoms. The van der Waals surface area contributed by atoms with Crippen molar-refractivity contribution >= 4 is 53.1 Å². The number of methoxy groups -OCH3 is 1. The van der Waals surface area contributed by atoms with Crippen molar-refractivity contribution < 1.29 is 9.47 Å². The second-order valence-electron chi connectivity index (χ2n) is 5.77. The average molecular weight is 539 g/mol. The summed E-state index contributed by atoms with van der Waals surface area (Å²) in [5.74, 6) is 1.21. The number of aliphatic imine (C=N–C) groups is 1. The third-order valence-electron chi connectivity index (χ3n) is 3.83. The van der Waals surface area contributed by atoms with E-state index in [0.717, 1.165) is 11.1 Å². The van der Waals surface area contributed by atoms with Gasteiger partial charge >= 0.3 is 0 Å². The van der Waals surface area contributed by atoms with Crippen molar-refractivity contribution in [3.05, 3.63) is 57.7 Å². The molecular formula is C19H25Cl2IN4O2. The Morgan fingerprint density at radius 1 is 1.25 bits per heavy atom. The maximum Gasteiger partial charge on any atom is 0.218 e. The predicted octanol–water partition coefficient (Wildman–Crippen LogP) is 4.46. The van der Waals surface area contributed by atoms with Crippen LogP contribution in [-0.2, 0) is 11.3 Å². The number of hydrogen-bond donors (Lipinski definition) is 2. The van der Waals surface area contributed by atoms with Gasteiger partial charge in [-0.3, -0.25) is 4.99 Å². The molecule has 0 spiro atoms. The fourth-order valence-corrected chi connectivity index (χ4v) is 2.99. The summed E-state index contributed by atoms with van der Waals surface area (Å²) in [6.07, 6.45) is 1.70. The molecule has 154 valence electrons. The predicted molar refractivity (Wildman–Crippen MR) is 125 cm³/mol. The van der Waals surface area contributed by atoms with E-state index in [1.54, 1.807) is 26.4 Å². The first-order valence-electron chi connectivity index (χ1n) is 8.53. The molecule has 2 N–H and O–H groups in total. The molecule has 1 heterocycles. The Hall–Kier alpha value is -1.29. The highest BCUT2D eigenvalue weighted by atomic mass is 127. The van der Waals surface area contributed by atoms with Crippen molar-refractivity contribution in [2.75, 3.05) is 27.4 Å². The van der Waals surface area contributed by atoms with E-state index in [4.69, 9.17) is 32.7 Å². The summed E-state index contributed by atoms with van der Waals surface area (Å²) < 4.78 is 10.7. The molecule has 0 aliphatic heterocycles. The zero-order valence-electron chi connectivity index (χ0n) is 16.0. The van der Waals surface area contributed by atoms with E-state index in [9.17, 15) is 0 Å². The molecule has 1 unspecified atom stereocenters. The minimum Gasteiger partial charge on any atom is -0.475 e. The second kappa shape index (κ2) is 13.0. The Balaban J connectivity index is 0.00000392. The first-order chi connectivity index (χ1) is 13.0. The van der Waals surface area contributed by atoms with Crippen LogP contribution in [0.5, 0.6) is 5.88 Å². The molecule has 0 bridgehead atoms. The van der Waals surface area contributed by atoms with Crippen LogP contribution in [0.15, 0.2) is 41.5 Å². The lowest BCUT2D eigenvalue weighted by Crippen LogP contribution is -2.38. The Bertz CT molecular complexity index is 777. The molecule has 0 saturated carbocycles. The number of rotatable bonds is 8. The van der Waals surface area contributed by atoms with Gasteiger partial charge in [-0.1, -0.05) is 35.3 Å². The summed E-state index contributed by atoms with van der Waals surface area (Å²) in [7, 11) is 3.35. The molecule has 1 aromatic heterocycles. The number of ether oxygens (including phenoxy) is 2. The summed E-state index contributed by atoms with van der Waals surface area (Å²) in [5.41, 5.74) is 1.86. The number of nitrogens with zero attached hydrogens (tertiary/aromatic N) is 2. The highest BCUT2D eigenvalue weighted by Crippen LogP contribution is 2.26. The Morgan fingerprint density at radius 3 is 2.71 bits per heavy atom. The highest BCUT2D eigenvalue weighted by molar-refractivity contribution is 14.0. The number of nitrogens with one attached hydrogen (secondary N) is 2. The van der Waals surface area contributed by atoms with Gasteiger partial charge in [0.1, 0.15) is 6.61 Å². The molecule has 6 nitrogen and oxygen atoms in total. The van der Waals surface area contributed by atoms with Crippen molar-refractivity contribution in [2.45, 2.75) is 19.5 Å². The van der Waals surface area contributed by atoms with Gasteiger partial charge in [0, 0.05) is 42.5 Å². The Labute approximate surface area is 193 Å². The minimum absolute atomic E-state index is 0. The second-order valence-corrected chi connectivity index (χ2v) is 6.61. The maximum atomic E-state index is 6.29. The van der Waals surface area contributed by atoms with Crippen LogP contribution in [-0.4, -0.2) is 38.3 Å². The number of aromatic nitrogens is 1. The number of hydrogen-bond acceptors (Lipinski definition) is 4. The molecule has 1 aromatic carbocycles. The van der Waals surface area contributed by atoms with Crippen molar-refractivity contribution in [3.63, 3.8) is 0 Å². The van der Waals surface area contributed by atoms with Gasteiger partial charge in [-0.05, 0) is 30.7 Å². The van der Waals surface area contributed by atoms with Gasteiger partial charge in [-0.15, -0.1) is 24.0 Å². The summed E-state index contributed by atoms with van der Waals surface area (Å²) in [6, 6.07) is 9.22. The van der Waals surface area contributed by atoms with Crippen LogP contribution in [0.3, 0.4) is 0 Å². The molecule has 0 aliphatic rings. The average Bonchev–Trinajstić information content (AvgIpc) is 2.66. The molecule has 2 aromatic rings. The molecule has 0 amide bonds. The molecule has 2 rings (SSSR count). The molecule has 0 aliphatic carbocycles. The number of guanidine groups is 1. The maximum absolute atomic E-state index is 6.29. The molecule has 0 radical (unpaired) electrons. The molecule has 9 heteroatoms. The molecule has 0 saturated heterocycles. The van der Waals surface area contributed by atoms with Crippen LogP contribution in [0, 0.1) is 0 Å². The minimum atomic E-state index is -0.0488. The van der Waals surface area contributed by atoms with Crippen molar-refractivity contribution in [2.24, 2.45) is 4.99 Å². The van der Waals surface area contributed by atoms with E-state index >= 15 is 0 Å². The zero-order chi connectivity index (χ0) is 19.6. The molecule has 1 atom stereocenters. The van der Waals surface area contributed by atoms with Crippen LogP contribution < -0.4 is 15.4 Å². The smallest absolute Gasteiger partial charge is 0.218 e. The standard InChI is InChI=1S/C19H24Cl2N4O2.HI/c1-13(16-7-6-15(20)11-17(16)21)25-19(22-2)24-12-14-5-4-8-23-18(14)27-10-9-26-3;/h4-8,11,13H,9-10,12H2,1-3H3,(H2,22,24,25);1H. The summed E-state index contributed by atoms with van der Waals surface area (Å²) >= 11 is 12.3. The Kier molecular flexibility index (Phi) is 11.5. The van der Waals surface area contributed by atoms with Crippen LogP contribution in [0.4, 0.5) is 0 Å². The monoisotopic (exact) mass is 538 g/mol. The Morgan fingerprint density at radius 2 is 2.04 bits per heavy atom.